The van der Waals surface area contributed by atoms with Crippen LogP contribution in [-0.4, -0.2) is 64.5 Å². The molecule has 2 rings (SSSR count). The van der Waals surface area contributed by atoms with Gasteiger partial charge in [-0.3, -0.25) is 9.79 Å². The first-order valence-corrected chi connectivity index (χ1v) is 10.8. The van der Waals surface area contributed by atoms with Gasteiger partial charge in [0.1, 0.15) is 0 Å². The second kappa shape index (κ2) is 13.6. The van der Waals surface area contributed by atoms with Crippen LogP contribution in [0, 0.1) is 5.92 Å². The number of amides is 1. The van der Waals surface area contributed by atoms with E-state index in [1.54, 1.807) is 18.2 Å². The average molecular weight is 445 g/mol. The molecule has 1 fully saturated rings. The van der Waals surface area contributed by atoms with Crippen LogP contribution in [0.1, 0.15) is 30.1 Å². The van der Waals surface area contributed by atoms with E-state index in [0.717, 1.165) is 45.2 Å². The highest BCUT2D eigenvalue weighted by molar-refractivity contribution is 6.42. The fourth-order valence-electron chi connectivity index (χ4n) is 2.76. The van der Waals surface area contributed by atoms with Crippen LogP contribution in [0.25, 0.3) is 0 Å². The first-order chi connectivity index (χ1) is 14.1. The molecule has 0 bridgehead atoms. The summed E-state index contributed by atoms with van der Waals surface area (Å²) in [4.78, 5) is 16.7. The molecule has 1 aliphatic rings. The van der Waals surface area contributed by atoms with Crippen molar-refractivity contribution in [1.29, 1.82) is 0 Å². The number of carbonyl (C=O) groups is 1. The molecule has 0 spiro atoms. The summed E-state index contributed by atoms with van der Waals surface area (Å²) in [5.74, 6) is 1.06. The maximum Gasteiger partial charge on any atom is 0.251 e. The Morgan fingerprint density at radius 3 is 2.79 bits per heavy atom. The molecule has 1 aromatic carbocycles. The minimum Gasteiger partial charge on any atom is -0.381 e. The molecule has 0 aromatic heterocycles. The van der Waals surface area contributed by atoms with Gasteiger partial charge in [-0.2, -0.15) is 0 Å². The van der Waals surface area contributed by atoms with Gasteiger partial charge in [0.25, 0.3) is 5.91 Å². The number of carbonyl (C=O) groups excluding carboxylic acids is 1. The van der Waals surface area contributed by atoms with E-state index in [-0.39, 0.29) is 5.91 Å². The molecular weight excluding hydrogens is 415 g/mol. The molecule has 1 atom stereocenters. The van der Waals surface area contributed by atoms with Crippen LogP contribution < -0.4 is 16.0 Å². The number of guanidine groups is 1. The smallest absolute Gasteiger partial charge is 0.251 e. The van der Waals surface area contributed by atoms with Crippen molar-refractivity contribution in [2.45, 2.75) is 19.8 Å². The van der Waals surface area contributed by atoms with Crippen molar-refractivity contribution in [2.75, 3.05) is 52.6 Å². The summed E-state index contributed by atoms with van der Waals surface area (Å²) in [5, 5.41) is 10.0. The van der Waals surface area contributed by atoms with Crippen LogP contribution >= 0.6 is 23.2 Å². The monoisotopic (exact) mass is 444 g/mol. The lowest BCUT2D eigenvalue weighted by molar-refractivity contribution is 0.0893. The second-order valence-electron chi connectivity index (χ2n) is 6.73. The maximum absolute atomic E-state index is 12.1. The third kappa shape index (κ3) is 9.21. The van der Waals surface area contributed by atoms with Crippen LogP contribution in [0.3, 0.4) is 0 Å². The summed E-state index contributed by atoms with van der Waals surface area (Å²) in [7, 11) is 0. The number of ether oxygens (including phenoxy) is 2. The number of hydrogen-bond acceptors (Lipinski definition) is 4. The maximum atomic E-state index is 12.1. The lowest BCUT2D eigenvalue weighted by Gasteiger charge is -2.12. The standard InChI is InChI=1S/C20H30Cl2N4O3/c1-2-23-20(25-7-3-10-28-13-15-6-11-29-14-15)26-9-8-24-19(27)16-4-5-17(21)18(22)12-16/h4-5,12,15H,2-3,6-11,13-14H2,1H3,(H,24,27)(H2,23,25,26). The Bertz CT molecular complexity index is 667. The third-order valence-electron chi connectivity index (χ3n) is 4.32. The van der Waals surface area contributed by atoms with Crippen molar-refractivity contribution in [2.24, 2.45) is 10.9 Å². The van der Waals surface area contributed by atoms with Gasteiger partial charge >= 0.3 is 0 Å². The highest BCUT2D eigenvalue weighted by Gasteiger charge is 2.15. The van der Waals surface area contributed by atoms with E-state index in [2.05, 4.69) is 20.9 Å². The van der Waals surface area contributed by atoms with Crippen LogP contribution in [0.15, 0.2) is 23.2 Å². The topological polar surface area (TPSA) is 84.0 Å². The number of nitrogens with one attached hydrogen (secondary N) is 3. The molecule has 1 aliphatic heterocycles. The minimum atomic E-state index is -0.197. The van der Waals surface area contributed by atoms with Gasteiger partial charge in [0.05, 0.1) is 23.3 Å². The van der Waals surface area contributed by atoms with E-state index in [9.17, 15) is 4.79 Å². The van der Waals surface area contributed by atoms with Crippen LogP contribution in [0.5, 0.6) is 0 Å². The quantitative estimate of drug-likeness (QED) is 0.277. The fourth-order valence-corrected chi connectivity index (χ4v) is 3.06. The third-order valence-corrected chi connectivity index (χ3v) is 5.06. The Labute approximate surface area is 182 Å². The summed E-state index contributed by atoms with van der Waals surface area (Å²) in [6.07, 6.45) is 1.95. The van der Waals surface area contributed by atoms with E-state index in [4.69, 9.17) is 32.7 Å². The van der Waals surface area contributed by atoms with Gasteiger partial charge in [-0.15, -0.1) is 0 Å². The molecule has 0 saturated carbocycles. The number of nitrogens with zero attached hydrogens (tertiary/aromatic N) is 1. The molecule has 29 heavy (non-hydrogen) atoms. The second-order valence-corrected chi connectivity index (χ2v) is 7.54. The molecule has 0 aliphatic carbocycles. The Hall–Kier alpha value is -1.54. The SMILES string of the molecule is CCNC(=NCCCOCC1CCOC1)NCCNC(=O)c1ccc(Cl)c(Cl)c1. The lowest BCUT2D eigenvalue weighted by atomic mass is 10.1. The van der Waals surface area contributed by atoms with Crippen LogP contribution in [0.2, 0.25) is 10.0 Å². The van der Waals surface area contributed by atoms with Gasteiger partial charge in [-0.25, -0.2) is 0 Å². The van der Waals surface area contributed by atoms with Gasteiger partial charge in [0.2, 0.25) is 0 Å². The van der Waals surface area contributed by atoms with Crippen LogP contribution in [0.4, 0.5) is 0 Å². The highest BCUT2D eigenvalue weighted by atomic mass is 35.5. The lowest BCUT2D eigenvalue weighted by Crippen LogP contribution is -2.41. The number of aliphatic imine (C=N–C) groups is 1. The summed E-state index contributed by atoms with van der Waals surface area (Å²) in [6, 6.07) is 4.81. The summed E-state index contributed by atoms with van der Waals surface area (Å²) < 4.78 is 11.0. The fraction of sp³-hybridized carbons (Fsp3) is 0.600. The van der Waals surface area contributed by atoms with Crippen molar-refractivity contribution in [1.82, 2.24) is 16.0 Å². The van der Waals surface area contributed by atoms with Gasteiger partial charge in [0, 0.05) is 50.9 Å². The summed E-state index contributed by atoms with van der Waals surface area (Å²) in [5.41, 5.74) is 0.476. The van der Waals surface area contributed by atoms with Crippen molar-refractivity contribution in [3.05, 3.63) is 33.8 Å². The van der Waals surface area contributed by atoms with E-state index >= 15 is 0 Å². The zero-order valence-electron chi connectivity index (χ0n) is 16.8. The Morgan fingerprint density at radius 1 is 1.24 bits per heavy atom. The van der Waals surface area contributed by atoms with Crippen molar-refractivity contribution in [3.63, 3.8) is 0 Å². The molecule has 7 nitrogen and oxygen atoms in total. The molecule has 3 N–H and O–H groups in total. The largest absolute Gasteiger partial charge is 0.381 e. The number of rotatable bonds is 11. The highest BCUT2D eigenvalue weighted by Crippen LogP contribution is 2.22. The van der Waals surface area contributed by atoms with E-state index in [1.807, 2.05) is 6.92 Å². The minimum absolute atomic E-state index is 0.197. The Balaban J connectivity index is 1.61. The Kier molecular flexibility index (Phi) is 11.2. The molecule has 9 heteroatoms. The molecule has 1 heterocycles. The van der Waals surface area contributed by atoms with Crippen molar-refractivity contribution >= 4 is 35.1 Å². The average Bonchev–Trinajstić information content (AvgIpc) is 3.23. The van der Waals surface area contributed by atoms with E-state index in [1.165, 1.54) is 0 Å². The van der Waals surface area contributed by atoms with Gasteiger partial charge < -0.3 is 25.4 Å². The molecule has 1 amide bonds. The van der Waals surface area contributed by atoms with Gasteiger partial charge in [-0.05, 0) is 38.0 Å². The van der Waals surface area contributed by atoms with Crippen LogP contribution in [-0.2, 0) is 9.47 Å². The molecule has 1 unspecified atom stereocenters. The number of hydrogen-bond donors (Lipinski definition) is 3. The van der Waals surface area contributed by atoms with E-state index in [0.29, 0.717) is 47.8 Å². The zero-order chi connectivity index (χ0) is 20.9. The first-order valence-electron chi connectivity index (χ1n) is 10.0. The predicted octanol–water partition coefficient (Wildman–Crippen LogP) is 2.72. The van der Waals surface area contributed by atoms with Crippen molar-refractivity contribution in [3.8, 4) is 0 Å². The van der Waals surface area contributed by atoms with Gasteiger partial charge in [-0.1, -0.05) is 23.2 Å². The molecular formula is C20H30Cl2N4O3. The first kappa shape index (κ1) is 23.7. The molecule has 1 saturated heterocycles. The number of halogens is 2. The van der Waals surface area contributed by atoms with E-state index < -0.39 is 0 Å². The molecule has 162 valence electrons. The van der Waals surface area contributed by atoms with Crippen molar-refractivity contribution < 1.29 is 14.3 Å². The molecule has 1 aromatic rings. The summed E-state index contributed by atoms with van der Waals surface area (Å²) in [6.45, 7) is 7.58. The molecule has 0 radical (unpaired) electrons. The Morgan fingerprint density at radius 2 is 2.07 bits per heavy atom. The predicted molar refractivity (Wildman–Crippen MR) is 117 cm³/mol. The number of benzene rings is 1. The zero-order valence-corrected chi connectivity index (χ0v) is 18.3. The van der Waals surface area contributed by atoms with Gasteiger partial charge in [0.15, 0.2) is 5.96 Å². The summed E-state index contributed by atoms with van der Waals surface area (Å²) >= 11 is 11.8. The normalized spacial score (nSPS) is 16.7.